The number of unbranched alkanes of at least 4 members (excludes halogenated alkanes) is 2. The van der Waals surface area contributed by atoms with Gasteiger partial charge in [0.05, 0.1) is 17.7 Å². The largest absolute Gasteiger partial charge is 0.378 e. The Balaban J connectivity index is 1.63. The summed E-state index contributed by atoms with van der Waals surface area (Å²) < 4.78 is 6.03. The normalized spacial score (nSPS) is 21.4. The van der Waals surface area contributed by atoms with Crippen LogP contribution in [0, 0.1) is 11.3 Å². The summed E-state index contributed by atoms with van der Waals surface area (Å²) in [7, 11) is 0. The Hall–Kier alpha value is -1.59. The van der Waals surface area contributed by atoms with Gasteiger partial charge in [0, 0.05) is 6.61 Å². The van der Waals surface area contributed by atoms with E-state index < -0.39 is 0 Å². The Bertz CT molecular complexity index is 504. The number of ether oxygens (including phenoxy) is 1. The maximum Gasteiger partial charge on any atom is 0.0991 e. The molecule has 0 radical (unpaired) electrons. The predicted octanol–water partition coefficient (Wildman–Crippen LogP) is 5.74. The molecule has 0 N–H and O–H groups in total. The van der Waals surface area contributed by atoms with Gasteiger partial charge in [0.25, 0.3) is 0 Å². The number of hydrogen-bond donors (Lipinski definition) is 0. The smallest absolute Gasteiger partial charge is 0.0991 e. The molecule has 1 saturated carbocycles. The van der Waals surface area contributed by atoms with Gasteiger partial charge in [0.2, 0.25) is 0 Å². The fraction of sp³-hybridized carbons (Fsp3) is 0.571. The minimum atomic E-state index is 0.448. The third-order valence-corrected chi connectivity index (χ3v) is 4.68. The van der Waals surface area contributed by atoms with Gasteiger partial charge in [-0.25, -0.2) is 0 Å². The molecule has 0 amide bonds. The molecule has 0 aromatic heterocycles. The summed E-state index contributed by atoms with van der Waals surface area (Å²) in [5.74, 6) is 0.638. The predicted molar refractivity (Wildman–Crippen MR) is 95.4 cm³/mol. The average molecular weight is 311 g/mol. The maximum atomic E-state index is 8.87. The van der Waals surface area contributed by atoms with Crippen LogP contribution in [-0.2, 0) is 4.74 Å². The van der Waals surface area contributed by atoms with Crippen LogP contribution in [0.1, 0.15) is 75.3 Å². The Kier molecular flexibility index (Phi) is 7.90. The summed E-state index contributed by atoms with van der Waals surface area (Å²) >= 11 is 0. The number of nitrogens with zero attached hydrogens (tertiary/aromatic N) is 1. The Morgan fingerprint density at radius 2 is 1.78 bits per heavy atom. The van der Waals surface area contributed by atoms with Crippen molar-refractivity contribution in [1.29, 1.82) is 5.26 Å². The van der Waals surface area contributed by atoms with E-state index in [9.17, 15) is 0 Å². The van der Waals surface area contributed by atoms with Gasteiger partial charge in [-0.1, -0.05) is 37.6 Å². The van der Waals surface area contributed by atoms with Gasteiger partial charge < -0.3 is 4.74 Å². The van der Waals surface area contributed by atoms with Crippen molar-refractivity contribution in [3.63, 3.8) is 0 Å². The molecule has 23 heavy (non-hydrogen) atoms. The van der Waals surface area contributed by atoms with Crippen molar-refractivity contribution in [3.8, 4) is 6.07 Å². The molecule has 0 aliphatic heterocycles. The Labute approximate surface area is 141 Å². The third-order valence-electron chi connectivity index (χ3n) is 4.68. The zero-order chi connectivity index (χ0) is 16.3. The van der Waals surface area contributed by atoms with Gasteiger partial charge in [-0.15, -0.1) is 0 Å². The third kappa shape index (κ3) is 6.20. The summed E-state index contributed by atoms with van der Waals surface area (Å²) in [5.41, 5.74) is 2.13. The molecule has 1 aromatic carbocycles. The molecule has 2 nitrogen and oxygen atoms in total. The number of hydrogen-bond acceptors (Lipinski definition) is 2. The average Bonchev–Trinajstić information content (AvgIpc) is 2.61. The second-order valence-corrected chi connectivity index (χ2v) is 6.48. The maximum absolute atomic E-state index is 8.87. The van der Waals surface area contributed by atoms with Gasteiger partial charge in [0.15, 0.2) is 0 Å². The molecule has 124 valence electrons. The summed E-state index contributed by atoms with van der Waals surface area (Å²) in [6.45, 7) is 3.10. The molecule has 2 heteroatoms. The van der Waals surface area contributed by atoms with Crippen LogP contribution in [0.4, 0.5) is 0 Å². The summed E-state index contributed by atoms with van der Waals surface area (Å²) in [5, 5.41) is 8.87. The molecule has 1 fully saturated rings. The number of benzene rings is 1. The second kappa shape index (κ2) is 10.2. The van der Waals surface area contributed by atoms with Crippen molar-refractivity contribution in [1.82, 2.24) is 0 Å². The molecule has 0 spiro atoms. The highest BCUT2D eigenvalue weighted by Gasteiger charge is 2.22. The van der Waals surface area contributed by atoms with Crippen molar-refractivity contribution in [2.45, 2.75) is 70.3 Å². The fourth-order valence-corrected chi connectivity index (χ4v) is 3.25. The molecule has 0 atom stereocenters. The van der Waals surface area contributed by atoms with Crippen LogP contribution in [0.15, 0.2) is 36.4 Å². The number of rotatable bonds is 8. The SMILES string of the molecule is CCCC=CCCCOC1CCC(c2ccc(C#N)cc2)CC1. The fourth-order valence-electron chi connectivity index (χ4n) is 3.25. The van der Waals surface area contributed by atoms with Crippen LogP contribution in [0.5, 0.6) is 0 Å². The van der Waals surface area contributed by atoms with Crippen molar-refractivity contribution < 1.29 is 4.74 Å². The van der Waals surface area contributed by atoms with Crippen LogP contribution >= 0.6 is 0 Å². The monoisotopic (exact) mass is 311 g/mol. The minimum absolute atomic E-state index is 0.448. The number of allylic oxidation sites excluding steroid dienone is 2. The van der Waals surface area contributed by atoms with E-state index in [4.69, 9.17) is 10.00 Å². The van der Waals surface area contributed by atoms with Crippen LogP contribution in [0.25, 0.3) is 0 Å². The molecule has 1 aliphatic rings. The lowest BCUT2D eigenvalue weighted by molar-refractivity contribution is 0.0238. The van der Waals surface area contributed by atoms with E-state index in [0.29, 0.717) is 12.0 Å². The van der Waals surface area contributed by atoms with Crippen molar-refractivity contribution in [2.24, 2.45) is 0 Å². The lowest BCUT2D eigenvalue weighted by atomic mass is 9.82. The van der Waals surface area contributed by atoms with E-state index >= 15 is 0 Å². The van der Waals surface area contributed by atoms with Crippen LogP contribution < -0.4 is 0 Å². The first kappa shape index (κ1) is 17.8. The minimum Gasteiger partial charge on any atom is -0.378 e. The first-order valence-corrected chi connectivity index (χ1v) is 9.10. The van der Waals surface area contributed by atoms with Crippen LogP contribution in [0.2, 0.25) is 0 Å². The van der Waals surface area contributed by atoms with E-state index in [0.717, 1.165) is 37.9 Å². The molecule has 0 bridgehead atoms. The number of nitriles is 1. The molecule has 2 rings (SSSR count). The molecular weight excluding hydrogens is 282 g/mol. The lowest BCUT2D eigenvalue weighted by Gasteiger charge is -2.29. The highest BCUT2D eigenvalue weighted by Crippen LogP contribution is 2.34. The molecule has 1 aromatic rings. The molecule has 0 unspecified atom stereocenters. The molecule has 0 saturated heterocycles. The van der Waals surface area contributed by atoms with Gasteiger partial charge in [-0.3, -0.25) is 0 Å². The van der Waals surface area contributed by atoms with Crippen LogP contribution in [-0.4, -0.2) is 12.7 Å². The highest BCUT2D eigenvalue weighted by molar-refractivity contribution is 5.33. The Morgan fingerprint density at radius 3 is 2.43 bits per heavy atom. The van der Waals surface area contributed by atoms with Crippen molar-refractivity contribution in [3.05, 3.63) is 47.5 Å². The molecule has 0 heterocycles. The van der Waals surface area contributed by atoms with E-state index in [2.05, 4.69) is 37.3 Å². The van der Waals surface area contributed by atoms with Crippen LogP contribution in [0.3, 0.4) is 0 Å². The standard InChI is InChI=1S/C21H29NO/c1-2-3-4-5-6-7-16-23-21-14-12-20(13-15-21)19-10-8-18(17-22)9-11-19/h4-5,8-11,20-21H,2-3,6-7,12-16H2,1H3. The first-order valence-electron chi connectivity index (χ1n) is 9.10. The lowest BCUT2D eigenvalue weighted by Crippen LogP contribution is -2.21. The van der Waals surface area contributed by atoms with Gasteiger partial charge in [-0.2, -0.15) is 5.26 Å². The first-order chi connectivity index (χ1) is 11.3. The summed E-state index contributed by atoms with van der Waals surface area (Å²) in [6.07, 6.45) is 14.4. The zero-order valence-electron chi connectivity index (χ0n) is 14.3. The van der Waals surface area contributed by atoms with E-state index in [1.54, 1.807) is 0 Å². The Morgan fingerprint density at radius 1 is 1.09 bits per heavy atom. The van der Waals surface area contributed by atoms with Gasteiger partial charge >= 0.3 is 0 Å². The summed E-state index contributed by atoms with van der Waals surface area (Å²) in [6, 6.07) is 10.3. The molecule has 1 aliphatic carbocycles. The van der Waals surface area contributed by atoms with Gasteiger partial charge in [0.1, 0.15) is 0 Å². The van der Waals surface area contributed by atoms with E-state index in [-0.39, 0.29) is 0 Å². The zero-order valence-corrected chi connectivity index (χ0v) is 14.3. The topological polar surface area (TPSA) is 33.0 Å². The van der Waals surface area contributed by atoms with Crippen molar-refractivity contribution in [2.75, 3.05) is 6.61 Å². The molecular formula is C21H29NO. The van der Waals surface area contributed by atoms with Gasteiger partial charge in [-0.05, 0) is 68.6 Å². The van der Waals surface area contributed by atoms with Crippen molar-refractivity contribution >= 4 is 0 Å². The second-order valence-electron chi connectivity index (χ2n) is 6.48. The summed E-state index contributed by atoms with van der Waals surface area (Å²) in [4.78, 5) is 0. The quantitative estimate of drug-likeness (QED) is 0.453. The highest BCUT2D eigenvalue weighted by atomic mass is 16.5. The van der Waals surface area contributed by atoms with E-state index in [1.165, 1.54) is 31.2 Å². The van der Waals surface area contributed by atoms with E-state index in [1.807, 2.05) is 12.1 Å².